The van der Waals surface area contributed by atoms with Crippen molar-refractivity contribution in [2.45, 2.75) is 13.3 Å². The molecule has 1 aromatic carbocycles. The van der Waals surface area contributed by atoms with Crippen molar-refractivity contribution < 1.29 is 9.53 Å². The fourth-order valence-electron chi connectivity index (χ4n) is 2.92. The summed E-state index contributed by atoms with van der Waals surface area (Å²) >= 11 is 2.93. The molecule has 1 amide bonds. The van der Waals surface area contributed by atoms with Gasteiger partial charge in [0.05, 0.1) is 23.1 Å². The van der Waals surface area contributed by atoms with Crippen LogP contribution in [-0.4, -0.2) is 42.4 Å². The van der Waals surface area contributed by atoms with Crippen LogP contribution in [0.4, 0.5) is 10.1 Å². The van der Waals surface area contributed by atoms with Gasteiger partial charge in [-0.1, -0.05) is 48.6 Å². The first kappa shape index (κ1) is 18.1. The fraction of sp³-hybridized carbons (Fsp3) is 0.316. The molecule has 6 nitrogen and oxygen atoms in total. The number of morpholine rings is 1. The molecule has 0 unspecified atom stereocenters. The average Bonchev–Trinajstić information content (AvgIpc) is 3.36. The van der Waals surface area contributed by atoms with Gasteiger partial charge in [0.1, 0.15) is 5.01 Å². The van der Waals surface area contributed by atoms with E-state index in [0.29, 0.717) is 23.2 Å². The molecule has 8 heteroatoms. The smallest absolute Gasteiger partial charge is 0.267 e. The fourth-order valence-corrected chi connectivity index (χ4v) is 4.73. The molecule has 0 bridgehead atoms. The number of amides is 1. The van der Waals surface area contributed by atoms with Crippen LogP contribution in [0.5, 0.6) is 0 Å². The lowest BCUT2D eigenvalue weighted by atomic mass is 10.1. The summed E-state index contributed by atoms with van der Waals surface area (Å²) in [6, 6.07) is 12.2. The number of aryl methyl sites for hydroxylation is 1. The zero-order valence-corrected chi connectivity index (χ0v) is 16.6. The number of aromatic nitrogens is 2. The summed E-state index contributed by atoms with van der Waals surface area (Å²) < 4.78 is 5.48. The largest absolute Gasteiger partial charge is 0.378 e. The maximum atomic E-state index is 12.8. The highest BCUT2D eigenvalue weighted by molar-refractivity contribution is 7.19. The van der Waals surface area contributed by atoms with Crippen LogP contribution >= 0.6 is 22.7 Å². The number of nitrogens with one attached hydrogen (secondary N) is 1. The molecule has 0 saturated carbocycles. The molecular formula is C19H20N4O2S2. The van der Waals surface area contributed by atoms with Crippen molar-refractivity contribution in [1.82, 2.24) is 10.2 Å². The monoisotopic (exact) mass is 400 g/mol. The molecular weight excluding hydrogens is 380 g/mol. The van der Waals surface area contributed by atoms with Gasteiger partial charge in [-0.2, -0.15) is 0 Å². The van der Waals surface area contributed by atoms with E-state index in [4.69, 9.17) is 4.74 Å². The van der Waals surface area contributed by atoms with Crippen LogP contribution in [0.2, 0.25) is 0 Å². The average molecular weight is 401 g/mol. The van der Waals surface area contributed by atoms with E-state index in [9.17, 15) is 4.79 Å². The van der Waals surface area contributed by atoms with Gasteiger partial charge in [0.25, 0.3) is 5.91 Å². The highest BCUT2D eigenvalue weighted by Crippen LogP contribution is 2.39. The molecule has 3 aromatic rings. The number of ether oxygens (including phenoxy) is 1. The zero-order valence-electron chi connectivity index (χ0n) is 15.0. The minimum Gasteiger partial charge on any atom is -0.378 e. The number of hydrogen-bond donors (Lipinski definition) is 1. The Morgan fingerprint density at radius 2 is 1.96 bits per heavy atom. The Morgan fingerprint density at radius 1 is 1.19 bits per heavy atom. The van der Waals surface area contributed by atoms with E-state index in [-0.39, 0.29) is 5.91 Å². The number of carbonyl (C=O) groups excluding carboxylic acids is 1. The summed E-state index contributed by atoms with van der Waals surface area (Å²) in [7, 11) is 0. The Kier molecular flexibility index (Phi) is 5.47. The summed E-state index contributed by atoms with van der Waals surface area (Å²) in [6.45, 7) is 5.10. The Labute approximate surface area is 165 Å². The number of carbonyl (C=O) groups is 1. The maximum Gasteiger partial charge on any atom is 0.267 e. The van der Waals surface area contributed by atoms with E-state index < -0.39 is 0 Å². The van der Waals surface area contributed by atoms with Crippen molar-refractivity contribution in [2.24, 2.45) is 0 Å². The second kappa shape index (κ2) is 8.16. The van der Waals surface area contributed by atoms with E-state index in [2.05, 4.69) is 32.5 Å². The number of hydrogen-bond acceptors (Lipinski definition) is 7. The topological polar surface area (TPSA) is 67.4 Å². The molecule has 140 valence electrons. The summed E-state index contributed by atoms with van der Waals surface area (Å²) in [5, 5.41) is 13.6. The van der Waals surface area contributed by atoms with E-state index in [1.54, 1.807) is 0 Å². The Bertz CT molecular complexity index is 917. The summed E-state index contributed by atoms with van der Waals surface area (Å²) in [6.07, 6.45) is 0.811. The lowest BCUT2D eigenvalue weighted by Crippen LogP contribution is -2.35. The van der Waals surface area contributed by atoms with E-state index in [1.165, 1.54) is 22.7 Å². The van der Waals surface area contributed by atoms with Gasteiger partial charge in [-0.15, -0.1) is 21.5 Å². The van der Waals surface area contributed by atoms with Crippen LogP contribution in [0.3, 0.4) is 0 Å². The second-order valence-electron chi connectivity index (χ2n) is 6.10. The molecule has 1 aliphatic heterocycles. The number of benzene rings is 1. The molecule has 1 fully saturated rings. The van der Waals surface area contributed by atoms with Crippen molar-refractivity contribution in [3.05, 3.63) is 46.3 Å². The van der Waals surface area contributed by atoms with Crippen molar-refractivity contribution >= 4 is 38.7 Å². The predicted octanol–water partition coefficient (Wildman–Crippen LogP) is 3.92. The molecule has 27 heavy (non-hydrogen) atoms. The van der Waals surface area contributed by atoms with Gasteiger partial charge in [0.15, 0.2) is 0 Å². The van der Waals surface area contributed by atoms with Crippen LogP contribution in [0.1, 0.15) is 21.6 Å². The van der Waals surface area contributed by atoms with Gasteiger partial charge in [0, 0.05) is 18.7 Å². The minimum absolute atomic E-state index is 0.143. The third-order valence-corrected chi connectivity index (χ3v) is 6.49. The summed E-state index contributed by atoms with van der Waals surface area (Å²) in [5.74, 6) is -0.143. The van der Waals surface area contributed by atoms with Crippen LogP contribution in [0, 0.1) is 0 Å². The molecule has 3 heterocycles. The normalized spacial score (nSPS) is 14.3. The van der Waals surface area contributed by atoms with Gasteiger partial charge < -0.3 is 9.64 Å². The third-order valence-electron chi connectivity index (χ3n) is 4.31. The van der Waals surface area contributed by atoms with Crippen molar-refractivity contribution in [1.29, 1.82) is 0 Å². The summed E-state index contributed by atoms with van der Waals surface area (Å²) in [4.78, 5) is 15.8. The first-order valence-electron chi connectivity index (χ1n) is 8.90. The van der Waals surface area contributed by atoms with Crippen molar-refractivity contribution in [3.63, 3.8) is 0 Å². The lowest BCUT2D eigenvalue weighted by molar-refractivity contribution is 0.103. The first-order valence-corrected chi connectivity index (χ1v) is 10.5. The van der Waals surface area contributed by atoms with Crippen LogP contribution in [0.25, 0.3) is 11.1 Å². The molecule has 1 N–H and O–H groups in total. The standard InChI is InChI=1S/C19H20N4O2S2/c1-2-16-21-22-19(27-16)20-17(24)15-12-14(13-6-4-3-5-7-13)18(26-15)23-8-10-25-11-9-23/h3-7,12H,2,8-11H2,1H3,(H,20,22,24). The van der Waals surface area contributed by atoms with E-state index in [1.807, 2.05) is 31.2 Å². The number of thiophene rings is 1. The van der Waals surface area contributed by atoms with Gasteiger partial charge in [0.2, 0.25) is 5.13 Å². The SMILES string of the molecule is CCc1nnc(NC(=O)c2cc(-c3ccccc3)c(N3CCOCC3)s2)s1. The van der Waals surface area contributed by atoms with Crippen LogP contribution < -0.4 is 10.2 Å². The second-order valence-corrected chi connectivity index (χ2v) is 8.20. The van der Waals surface area contributed by atoms with E-state index in [0.717, 1.165) is 40.6 Å². The van der Waals surface area contributed by atoms with E-state index >= 15 is 0 Å². The van der Waals surface area contributed by atoms with Gasteiger partial charge in [-0.25, -0.2) is 0 Å². The molecule has 4 rings (SSSR count). The van der Waals surface area contributed by atoms with Crippen molar-refractivity contribution in [2.75, 3.05) is 36.5 Å². The number of rotatable bonds is 5. The molecule has 0 atom stereocenters. The number of nitrogens with zero attached hydrogens (tertiary/aromatic N) is 3. The Morgan fingerprint density at radius 3 is 2.67 bits per heavy atom. The van der Waals surface area contributed by atoms with Gasteiger partial charge >= 0.3 is 0 Å². The molecule has 0 aliphatic carbocycles. The summed E-state index contributed by atoms with van der Waals surface area (Å²) in [5.41, 5.74) is 2.19. The molecule has 1 saturated heterocycles. The number of anilines is 2. The molecule has 1 aliphatic rings. The Hall–Kier alpha value is -2.29. The zero-order chi connectivity index (χ0) is 18.6. The highest BCUT2D eigenvalue weighted by Gasteiger charge is 2.22. The van der Waals surface area contributed by atoms with Crippen LogP contribution in [-0.2, 0) is 11.2 Å². The highest BCUT2D eigenvalue weighted by atomic mass is 32.1. The molecule has 0 radical (unpaired) electrons. The van der Waals surface area contributed by atoms with Gasteiger partial charge in [-0.3, -0.25) is 10.1 Å². The Balaban J connectivity index is 1.64. The van der Waals surface area contributed by atoms with Crippen LogP contribution in [0.15, 0.2) is 36.4 Å². The maximum absolute atomic E-state index is 12.8. The first-order chi connectivity index (χ1) is 13.2. The van der Waals surface area contributed by atoms with Crippen molar-refractivity contribution in [3.8, 4) is 11.1 Å². The van der Waals surface area contributed by atoms with Gasteiger partial charge in [-0.05, 0) is 18.1 Å². The lowest BCUT2D eigenvalue weighted by Gasteiger charge is -2.28. The quantitative estimate of drug-likeness (QED) is 0.703. The molecule has 2 aromatic heterocycles. The minimum atomic E-state index is -0.143. The third kappa shape index (κ3) is 4.02. The molecule has 0 spiro atoms. The predicted molar refractivity (Wildman–Crippen MR) is 110 cm³/mol.